The smallest absolute Gasteiger partial charge is 0.225 e. The average Bonchev–Trinajstić information content (AvgIpc) is 2.93. The van der Waals surface area contributed by atoms with Crippen molar-refractivity contribution < 1.29 is 4.79 Å². The summed E-state index contributed by atoms with van der Waals surface area (Å²) < 4.78 is 0. The second kappa shape index (κ2) is 15.6. The minimum atomic E-state index is 0.176. The van der Waals surface area contributed by atoms with Crippen LogP contribution in [0.4, 0.5) is 0 Å². The van der Waals surface area contributed by atoms with Gasteiger partial charge in [-0.3, -0.25) is 9.69 Å². The predicted octanol–water partition coefficient (Wildman–Crippen LogP) is 5.81. The molecule has 200 valence electrons. The number of hydrogen-bond donors (Lipinski definition) is 1. The summed E-state index contributed by atoms with van der Waals surface area (Å²) in [6.45, 7) is 18.9. The van der Waals surface area contributed by atoms with E-state index >= 15 is 0 Å². The molecule has 0 atom stereocenters. The molecule has 0 unspecified atom stereocenters. The van der Waals surface area contributed by atoms with Crippen LogP contribution >= 0.6 is 0 Å². The second-order valence-electron chi connectivity index (χ2n) is 10.3. The number of allylic oxidation sites excluding steroid dienone is 1. The molecule has 5 heteroatoms. The number of carbonyl (C=O) groups excluding carboxylic acids is 1. The lowest BCUT2D eigenvalue weighted by atomic mass is 9.77. The largest absolute Gasteiger partial charge is 0.404 e. The Kier molecular flexibility index (Phi) is 12.8. The second-order valence-corrected chi connectivity index (χ2v) is 10.3. The maximum absolute atomic E-state index is 13.2. The Morgan fingerprint density at radius 2 is 1.78 bits per heavy atom. The van der Waals surface area contributed by atoms with E-state index in [1.807, 2.05) is 33.0 Å². The fourth-order valence-electron chi connectivity index (χ4n) is 5.21. The molecule has 0 aliphatic carbocycles. The maximum Gasteiger partial charge on any atom is 0.225 e. The summed E-state index contributed by atoms with van der Waals surface area (Å²) in [6, 6.07) is 10.6. The molecule has 1 aromatic rings. The lowest BCUT2D eigenvalue weighted by Crippen LogP contribution is -2.47. The Labute approximate surface area is 220 Å². The molecule has 0 bridgehead atoms. The van der Waals surface area contributed by atoms with E-state index in [0.29, 0.717) is 5.91 Å². The normalized spacial score (nSPS) is 19.0. The molecular formula is C31H50N4O. The van der Waals surface area contributed by atoms with Gasteiger partial charge in [0.15, 0.2) is 0 Å². The molecule has 0 spiro atoms. The first kappa shape index (κ1) is 29.7. The van der Waals surface area contributed by atoms with E-state index < -0.39 is 0 Å². The lowest BCUT2D eigenvalue weighted by molar-refractivity contribution is -0.139. The summed E-state index contributed by atoms with van der Waals surface area (Å²) in [5, 5.41) is 0. The molecule has 2 aliphatic rings. The van der Waals surface area contributed by atoms with Crippen LogP contribution in [0, 0.1) is 11.3 Å². The molecule has 0 aromatic heterocycles. The number of rotatable bonds is 10. The summed E-state index contributed by atoms with van der Waals surface area (Å²) >= 11 is 0. The van der Waals surface area contributed by atoms with Crippen LogP contribution in [-0.2, 0) is 11.3 Å². The number of hydrogen-bond acceptors (Lipinski definition) is 4. The quantitative estimate of drug-likeness (QED) is 0.417. The van der Waals surface area contributed by atoms with Gasteiger partial charge in [-0.25, -0.2) is 0 Å². The first-order valence-electron chi connectivity index (χ1n) is 13.9. The first-order valence-corrected chi connectivity index (χ1v) is 13.9. The Morgan fingerprint density at radius 3 is 2.33 bits per heavy atom. The number of nitrogens with zero attached hydrogens (tertiary/aromatic N) is 3. The zero-order chi connectivity index (χ0) is 26.4. The van der Waals surface area contributed by atoms with Crippen molar-refractivity contribution >= 4 is 5.91 Å². The van der Waals surface area contributed by atoms with Crippen molar-refractivity contribution in [1.82, 2.24) is 14.7 Å². The number of likely N-dealkylation sites (tertiary alicyclic amines) is 2. The molecule has 2 fully saturated rings. The van der Waals surface area contributed by atoms with Crippen molar-refractivity contribution in [1.29, 1.82) is 0 Å². The van der Waals surface area contributed by atoms with E-state index in [0.717, 1.165) is 83.5 Å². The third-order valence-electron chi connectivity index (χ3n) is 7.71. The van der Waals surface area contributed by atoms with E-state index in [4.69, 9.17) is 5.73 Å². The van der Waals surface area contributed by atoms with Crippen LogP contribution in [0.25, 0.3) is 0 Å². The summed E-state index contributed by atoms with van der Waals surface area (Å²) in [4.78, 5) is 20.1. The van der Waals surface area contributed by atoms with Crippen LogP contribution < -0.4 is 5.73 Å². The molecule has 2 aliphatic heterocycles. The molecule has 36 heavy (non-hydrogen) atoms. The van der Waals surface area contributed by atoms with Gasteiger partial charge in [0.2, 0.25) is 5.91 Å². The minimum Gasteiger partial charge on any atom is -0.404 e. The fourth-order valence-corrected chi connectivity index (χ4v) is 5.21. The molecule has 2 saturated heterocycles. The van der Waals surface area contributed by atoms with Gasteiger partial charge >= 0.3 is 0 Å². The summed E-state index contributed by atoms with van der Waals surface area (Å²) in [5.74, 6) is 0.552. The molecule has 1 aromatic carbocycles. The number of carbonyl (C=O) groups is 1. The van der Waals surface area contributed by atoms with Crippen LogP contribution in [0.1, 0.15) is 65.4 Å². The van der Waals surface area contributed by atoms with E-state index in [1.54, 1.807) is 6.20 Å². The van der Waals surface area contributed by atoms with E-state index in [9.17, 15) is 4.79 Å². The van der Waals surface area contributed by atoms with Crippen LogP contribution in [0.3, 0.4) is 0 Å². The topological polar surface area (TPSA) is 52.8 Å². The fraction of sp³-hybridized carbons (Fsp3) is 0.581. The molecule has 3 rings (SSSR count). The number of piperidine rings is 2. The highest BCUT2D eigenvalue weighted by atomic mass is 16.2. The van der Waals surface area contributed by atoms with Gasteiger partial charge in [-0.05, 0) is 81.1 Å². The van der Waals surface area contributed by atoms with Crippen molar-refractivity contribution in [3.05, 3.63) is 72.6 Å². The monoisotopic (exact) mass is 494 g/mol. The SMILES string of the molecule is C=CN(CCC1(C)CCN(C(=O)C2CCN(CC(/C=C\C)=C/N)CC2)CC1)Cc1ccccc1.CC. The number of nitrogens with two attached hydrogens (primary N) is 1. The Bertz CT molecular complexity index is 831. The Hall–Kier alpha value is -2.53. The summed E-state index contributed by atoms with van der Waals surface area (Å²) in [5.41, 5.74) is 8.49. The summed E-state index contributed by atoms with van der Waals surface area (Å²) in [7, 11) is 0. The minimum absolute atomic E-state index is 0.176. The van der Waals surface area contributed by atoms with Crippen molar-refractivity contribution in [3.63, 3.8) is 0 Å². The molecule has 2 N–H and O–H groups in total. The van der Waals surface area contributed by atoms with Crippen LogP contribution in [0.15, 0.2) is 67.0 Å². The lowest BCUT2D eigenvalue weighted by Gasteiger charge is -2.42. The van der Waals surface area contributed by atoms with E-state index in [2.05, 4.69) is 64.6 Å². The van der Waals surface area contributed by atoms with Crippen molar-refractivity contribution in [3.8, 4) is 0 Å². The van der Waals surface area contributed by atoms with Gasteiger partial charge in [-0.15, -0.1) is 0 Å². The van der Waals surface area contributed by atoms with Crippen molar-refractivity contribution in [2.24, 2.45) is 17.1 Å². The average molecular weight is 495 g/mol. The maximum atomic E-state index is 13.2. The zero-order valence-corrected chi connectivity index (χ0v) is 23.3. The number of amides is 1. The third kappa shape index (κ3) is 9.16. The first-order chi connectivity index (χ1) is 17.5. The Morgan fingerprint density at radius 1 is 1.14 bits per heavy atom. The zero-order valence-electron chi connectivity index (χ0n) is 23.3. The van der Waals surface area contributed by atoms with Gasteiger partial charge in [0.1, 0.15) is 0 Å². The summed E-state index contributed by atoms with van der Waals surface area (Å²) in [6.07, 6.45) is 13.0. The highest BCUT2D eigenvalue weighted by Crippen LogP contribution is 2.35. The van der Waals surface area contributed by atoms with Crippen LogP contribution in [-0.4, -0.2) is 59.9 Å². The van der Waals surface area contributed by atoms with Gasteiger partial charge in [0.05, 0.1) is 0 Å². The molecule has 0 radical (unpaired) electrons. The van der Waals surface area contributed by atoms with Gasteiger partial charge in [0, 0.05) is 38.6 Å². The van der Waals surface area contributed by atoms with E-state index in [1.165, 1.54) is 5.56 Å². The van der Waals surface area contributed by atoms with Gasteiger partial charge in [-0.1, -0.05) is 69.8 Å². The Balaban J connectivity index is 0.00000222. The molecule has 2 heterocycles. The standard InChI is InChI=1S/C29H44N4O.C2H6/c1-4-9-26(22-30)24-32-17-12-27(13-18-32)28(34)33-20-15-29(3,16-21-33)14-19-31(5-2)23-25-10-7-6-8-11-25;1-2/h4-11,22,27H,2,12-21,23-24,30H2,1,3H3;1-2H3/b9-4-,26-22+;. The molecular weight excluding hydrogens is 444 g/mol. The third-order valence-corrected chi connectivity index (χ3v) is 7.71. The van der Waals surface area contributed by atoms with Gasteiger partial charge in [-0.2, -0.15) is 0 Å². The highest BCUT2D eigenvalue weighted by molar-refractivity contribution is 5.79. The molecule has 5 nitrogen and oxygen atoms in total. The van der Waals surface area contributed by atoms with Gasteiger partial charge < -0.3 is 15.5 Å². The highest BCUT2D eigenvalue weighted by Gasteiger charge is 2.35. The van der Waals surface area contributed by atoms with Crippen molar-refractivity contribution in [2.45, 2.75) is 66.3 Å². The van der Waals surface area contributed by atoms with Crippen LogP contribution in [0.5, 0.6) is 0 Å². The number of benzene rings is 1. The molecule has 0 saturated carbocycles. The molecule has 1 amide bonds. The van der Waals surface area contributed by atoms with Crippen molar-refractivity contribution in [2.75, 3.05) is 39.3 Å². The van der Waals surface area contributed by atoms with Gasteiger partial charge in [0.25, 0.3) is 0 Å². The van der Waals surface area contributed by atoms with E-state index in [-0.39, 0.29) is 11.3 Å². The van der Waals surface area contributed by atoms with Crippen LogP contribution in [0.2, 0.25) is 0 Å². The predicted molar refractivity (Wildman–Crippen MR) is 153 cm³/mol.